The molecule has 5 aromatic rings. The van der Waals surface area contributed by atoms with Crippen molar-refractivity contribution in [2.24, 2.45) is 5.92 Å². The number of amides is 1. The zero-order valence-electron chi connectivity index (χ0n) is 26.0. The molecule has 2 fully saturated rings. The Labute approximate surface area is 276 Å². The summed E-state index contributed by atoms with van der Waals surface area (Å²) >= 11 is 2.35. The summed E-state index contributed by atoms with van der Waals surface area (Å²) in [4.78, 5) is 19.7. The molecule has 0 bridgehead atoms. The van der Waals surface area contributed by atoms with E-state index in [-0.39, 0.29) is 12.3 Å². The summed E-state index contributed by atoms with van der Waals surface area (Å²) in [5, 5.41) is 14.7. The van der Waals surface area contributed by atoms with E-state index in [0.717, 1.165) is 75.0 Å². The first-order chi connectivity index (χ1) is 21.7. The van der Waals surface area contributed by atoms with Crippen LogP contribution in [0.25, 0.3) is 27.8 Å². The van der Waals surface area contributed by atoms with Gasteiger partial charge in [0.2, 0.25) is 0 Å². The minimum atomic E-state index is -0.532. The zero-order chi connectivity index (χ0) is 31.1. The highest BCUT2D eigenvalue weighted by Gasteiger charge is 2.28. The maximum Gasteiger partial charge on any atom is 0.410 e. The topological polar surface area (TPSA) is 105 Å². The number of hydrogen-bond donors (Lipinski definition) is 0. The summed E-state index contributed by atoms with van der Waals surface area (Å²) in [6.45, 7) is 8.20. The smallest absolute Gasteiger partial charge is 0.410 e. The molecule has 4 aromatic heterocycles. The van der Waals surface area contributed by atoms with Gasteiger partial charge in [-0.15, -0.1) is 5.10 Å². The van der Waals surface area contributed by atoms with Crippen LogP contribution in [0.3, 0.4) is 0 Å². The molecule has 12 heteroatoms. The molecule has 2 aliphatic rings. The van der Waals surface area contributed by atoms with E-state index in [1.807, 2.05) is 76.4 Å². The van der Waals surface area contributed by atoms with Crippen molar-refractivity contribution in [3.8, 4) is 11.3 Å². The van der Waals surface area contributed by atoms with Gasteiger partial charge in [-0.2, -0.15) is 5.10 Å². The van der Waals surface area contributed by atoms with Gasteiger partial charge in [0, 0.05) is 40.1 Å². The highest BCUT2D eigenvalue weighted by Crippen LogP contribution is 2.33. The van der Waals surface area contributed by atoms with Crippen LogP contribution < -0.4 is 0 Å². The van der Waals surface area contributed by atoms with Gasteiger partial charge in [-0.3, -0.25) is 0 Å². The lowest BCUT2D eigenvalue weighted by Crippen LogP contribution is -2.40. The van der Waals surface area contributed by atoms with Crippen molar-refractivity contribution in [1.82, 2.24) is 39.1 Å². The van der Waals surface area contributed by atoms with Crippen molar-refractivity contribution in [3.05, 3.63) is 63.9 Å². The summed E-state index contributed by atoms with van der Waals surface area (Å²) in [6.07, 6.45) is 14.4. The van der Waals surface area contributed by atoms with Gasteiger partial charge in [0.05, 0.1) is 36.7 Å². The van der Waals surface area contributed by atoms with Crippen LogP contribution in [-0.2, 0) is 22.6 Å². The zero-order valence-corrected chi connectivity index (χ0v) is 28.2. The number of ether oxygens (including phenoxy) is 2. The second-order valence-corrected chi connectivity index (χ2v) is 14.5. The summed E-state index contributed by atoms with van der Waals surface area (Å²) < 4.78 is 18.7. The average Bonchev–Trinajstić information content (AvgIpc) is 3.71. The first-order valence-electron chi connectivity index (χ1n) is 15.8. The number of halogens is 1. The third kappa shape index (κ3) is 6.71. The molecule has 1 aromatic carbocycles. The van der Waals surface area contributed by atoms with E-state index in [9.17, 15) is 4.79 Å². The molecule has 1 saturated carbocycles. The molecule has 0 N–H and O–H groups in total. The number of fused-ring (bicyclic) bond motifs is 2. The third-order valence-electron chi connectivity index (χ3n) is 8.54. The average molecular weight is 723 g/mol. The normalized spacial score (nSPS) is 17.6. The van der Waals surface area contributed by atoms with Gasteiger partial charge in [-0.1, -0.05) is 17.7 Å². The van der Waals surface area contributed by atoms with Gasteiger partial charge < -0.3 is 18.8 Å². The van der Waals surface area contributed by atoms with E-state index in [4.69, 9.17) is 19.6 Å². The molecule has 0 radical (unpaired) electrons. The molecule has 1 unspecified atom stereocenters. The quantitative estimate of drug-likeness (QED) is 0.162. The van der Waals surface area contributed by atoms with Gasteiger partial charge in [0.1, 0.15) is 16.9 Å². The van der Waals surface area contributed by atoms with Crippen molar-refractivity contribution in [2.45, 2.75) is 84.2 Å². The molecule has 1 saturated heterocycles. The molecule has 1 aliphatic carbocycles. The molecule has 11 nitrogen and oxygen atoms in total. The molecule has 1 atom stereocenters. The monoisotopic (exact) mass is 722 g/mol. The Morgan fingerprint density at radius 1 is 1.11 bits per heavy atom. The number of rotatable bonds is 8. The van der Waals surface area contributed by atoms with E-state index >= 15 is 0 Å². The van der Waals surface area contributed by atoms with Crippen LogP contribution in [0.5, 0.6) is 0 Å². The summed E-state index contributed by atoms with van der Waals surface area (Å²) in [7, 11) is 0. The van der Waals surface area contributed by atoms with Gasteiger partial charge in [0.15, 0.2) is 6.23 Å². The molecule has 0 spiro atoms. The Morgan fingerprint density at radius 3 is 2.73 bits per heavy atom. The number of aromatic nitrogens is 7. The predicted octanol–water partition coefficient (Wildman–Crippen LogP) is 6.83. The Balaban J connectivity index is 1.08. The number of nitrogens with zero attached hydrogens (tertiary/aromatic N) is 8. The summed E-state index contributed by atoms with van der Waals surface area (Å²) in [6, 6.07) is 8.32. The van der Waals surface area contributed by atoms with Crippen molar-refractivity contribution in [2.75, 3.05) is 13.2 Å². The molecule has 5 heterocycles. The molecule has 1 amide bonds. The van der Waals surface area contributed by atoms with Crippen LogP contribution in [0.1, 0.15) is 76.8 Å². The Bertz CT molecular complexity index is 1830. The number of imidazole rings is 1. The van der Waals surface area contributed by atoms with Crippen molar-refractivity contribution in [1.29, 1.82) is 0 Å². The molecule has 236 valence electrons. The lowest BCUT2D eigenvalue weighted by Gasteiger charge is -2.33. The number of carbonyl (C=O) groups excluding carboxylic acids is 1. The minimum Gasteiger partial charge on any atom is -0.444 e. The highest BCUT2D eigenvalue weighted by molar-refractivity contribution is 14.1. The largest absolute Gasteiger partial charge is 0.444 e. The van der Waals surface area contributed by atoms with Crippen LogP contribution in [0, 0.1) is 9.49 Å². The first kappa shape index (κ1) is 30.2. The van der Waals surface area contributed by atoms with Gasteiger partial charge >= 0.3 is 6.09 Å². The fourth-order valence-corrected chi connectivity index (χ4v) is 6.74. The Kier molecular flexibility index (Phi) is 8.27. The summed E-state index contributed by atoms with van der Waals surface area (Å²) in [5.74, 6) is 0.547. The number of carbonyl (C=O) groups is 1. The van der Waals surface area contributed by atoms with E-state index in [2.05, 4.69) is 45.0 Å². The van der Waals surface area contributed by atoms with Crippen molar-refractivity contribution < 1.29 is 14.3 Å². The summed E-state index contributed by atoms with van der Waals surface area (Å²) in [5.41, 5.74) is 5.05. The van der Waals surface area contributed by atoms with Crippen molar-refractivity contribution >= 4 is 45.2 Å². The number of benzene rings is 1. The third-order valence-corrected chi connectivity index (χ3v) is 9.16. The van der Waals surface area contributed by atoms with Crippen LogP contribution >= 0.6 is 22.6 Å². The fraction of sp³-hybridized carbons (Fsp3) is 0.485. The maximum absolute atomic E-state index is 13.0. The second kappa shape index (κ2) is 12.3. The molecular formula is C33H39IN8O3. The van der Waals surface area contributed by atoms with E-state index in [0.29, 0.717) is 19.0 Å². The van der Waals surface area contributed by atoms with E-state index < -0.39 is 5.60 Å². The number of pyridine rings is 1. The highest BCUT2D eigenvalue weighted by atomic mass is 127. The van der Waals surface area contributed by atoms with E-state index in [1.165, 1.54) is 19.3 Å². The van der Waals surface area contributed by atoms with Gasteiger partial charge in [-0.05, 0) is 105 Å². The maximum atomic E-state index is 13.0. The fourth-order valence-electron chi connectivity index (χ4n) is 6.13. The number of hydrogen-bond acceptors (Lipinski definition) is 7. The molecule has 1 aliphatic heterocycles. The lowest BCUT2D eigenvalue weighted by molar-refractivity contribution is -0.0366. The molecular weight excluding hydrogens is 683 g/mol. The van der Waals surface area contributed by atoms with Crippen LogP contribution in [0.4, 0.5) is 4.79 Å². The SMILES string of the molecule is CC(C)(C)OC(=O)N(Cc1ccc2nc(Cn3cc(-c4cc(I)cc5c4cnn5C4CCCCO4)nn3)cn2c1)CC1CCC1. The van der Waals surface area contributed by atoms with Gasteiger partial charge in [0.25, 0.3) is 0 Å². The van der Waals surface area contributed by atoms with Crippen LogP contribution in [0.2, 0.25) is 0 Å². The van der Waals surface area contributed by atoms with Crippen LogP contribution in [0.15, 0.2) is 49.1 Å². The molecule has 45 heavy (non-hydrogen) atoms. The molecule has 7 rings (SSSR count). The Morgan fingerprint density at radius 2 is 1.98 bits per heavy atom. The van der Waals surface area contributed by atoms with E-state index in [1.54, 1.807) is 0 Å². The minimum absolute atomic E-state index is 0.0309. The predicted molar refractivity (Wildman–Crippen MR) is 179 cm³/mol. The lowest BCUT2D eigenvalue weighted by atomic mass is 9.85. The van der Waals surface area contributed by atoms with Gasteiger partial charge in [-0.25, -0.2) is 19.1 Å². The second-order valence-electron chi connectivity index (χ2n) is 13.3. The standard InChI is InChI=1S/C33H39IN8O3/c1-33(2,3)45-32(43)40(16-22-7-6-8-22)18-23-10-11-30-36-25(19-39(30)17-23)20-41-21-28(37-38-41)26-13-24(34)14-29-27(26)15-35-42(29)31-9-4-5-12-44-31/h10-11,13-15,17,19,21-22,31H,4-9,12,16,18,20H2,1-3H3. The first-order valence-corrected chi connectivity index (χ1v) is 16.9. The van der Waals surface area contributed by atoms with Crippen LogP contribution in [-0.4, -0.2) is 63.9 Å². The Hall–Kier alpha value is -3.52. The van der Waals surface area contributed by atoms with Crippen molar-refractivity contribution in [3.63, 3.8) is 0 Å².